The Balaban J connectivity index is 2.29. The van der Waals surface area contributed by atoms with E-state index in [1.807, 2.05) is 0 Å². The Morgan fingerprint density at radius 2 is 1.95 bits per heavy atom. The van der Waals surface area contributed by atoms with E-state index in [0.717, 1.165) is 26.0 Å². The second-order valence-electron chi connectivity index (χ2n) is 5.89. The molecule has 0 aliphatic heterocycles. The second kappa shape index (κ2) is 10.6. The molecule has 0 aromatic carbocycles. The normalized spacial score (nSPS) is 27.3. The van der Waals surface area contributed by atoms with E-state index in [0.29, 0.717) is 25.2 Å². The maximum Gasteiger partial charge on any atom is 0.0991 e. The zero-order valence-corrected chi connectivity index (χ0v) is 13.7. The number of hydrogen-bond donors (Lipinski definition) is 1. The van der Waals surface area contributed by atoms with Crippen molar-refractivity contribution in [1.29, 1.82) is 0 Å². The van der Waals surface area contributed by atoms with Crippen molar-refractivity contribution in [3.63, 3.8) is 0 Å². The van der Waals surface area contributed by atoms with E-state index in [9.17, 15) is 0 Å². The minimum Gasteiger partial charge on any atom is -0.382 e. The van der Waals surface area contributed by atoms with Gasteiger partial charge in [-0.25, -0.2) is 0 Å². The van der Waals surface area contributed by atoms with Crippen molar-refractivity contribution < 1.29 is 14.2 Å². The minimum absolute atomic E-state index is 0.186. The number of hydrogen-bond acceptors (Lipinski definition) is 4. The summed E-state index contributed by atoms with van der Waals surface area (Å²) in [6, 6.07) is 0.443. The molecule has 1 fully saturated rings. The van der Waals surface area contributed by atoms with Crippen LogP contribution < -0.4 is 5.32 Å². The van der Waals surface area contributed by atoms with Gasteiger partial charge in [0.1, 0.15) is 0 Å². The van der Waals surface area contributed by atoms with E-state index in [2.05, 4.69) is 26.1 Å². The molecule has 120 valence electrons. The van der Waals surface area contributed by atoms with Gasteiger partial charge >= 0.3 is 0 Å². The third kappa shape index (κ3) is 6.08. The molecule has 1 rings (SSSR count). The van der Waals surface area contributed by atoms with E-state index in [1.54, 1.807) is 7.11 Å². The molecule has 4 nitrogen and oxygen atoms in total. The molecule has 1 saturated carbocycles. The quantitative estimate of drug-likeness (QED) is 0.560. The first kappa shape index (κ1) is 17.9. The SMILES string of the molecule is CCCNC1CC(OCC(C)CCC)C1OCCOC. The standard InChI is InChI=1S/C16H33NO3/c1-5-7-13(3)12-20-15-11-14(17-8-6-2)16(15)19-10-9-18-4/h13-17H,5-12H2,1-4H3. The molecule has 1 aliphatic rings. The summed E-state index contributed by atoms with van der Waals surface area (Å²) in [6.07, 6.45) is 5.12. The lowest BCUT2D eigenvalue weighted by Crippen LogP contribution is -2.60. The van der Waals surface area contributed by atoms with Crippen LogP contribution in [-0.2, 0) is 14.2 Å². The molecule has 4 heteroatoms. The lowest BCUT2D eigenvalue weighted by molar-refractivity contribution is -0.156. The van der Waals surface area contributed by atoms with Crippen LogP contribution in [0.5, 0.6) is 0 Å². The summed E-state index contributed by atoms with van der Waals surface area (Å²) in [5.41, 5.74) is 0. The Hall–Kier alpha value is -0.160. The van der Waals surface area contributed by atoms with Crippen LogP contribution in [0.3, 0.4) is 0 Å². The van der Waals surface area contributed by atoms with Gasteiger partial charge in [-0.2, -0.15) is 0 Å². The molecule has 0 spiro atoms. The van der Waals surface area contributed by atoms with Gasteiger partial charge in [0.05, 0.1) is 25.4 Å². The third-order valence-corrected chi connectivity index (χ3v) is 3.88. The van der Waals surface area contributed by atoms with Crippen molar-refractivity contribution in [3.05, 3.63) is 0 Å². The first-order valence-electron chi connectivity index (χ1n) is 8.18. The fourth-order valence-electron chi connectivity index (χ4n) is 2.63. The smallest absolute Gasteiger partial charge is 0.0991 e. The zero-order chi connectivity index (χ0) is 14.8. The van der Waals surface area contributed by atoms with Crippen molar-refractivity contribution in [2.45, 2.75) is 64.7 Å². The molecule has 1 N–H and O–H groups in total. The largest absolute Gasteiger partial charge is 0.382 e. The van der Waals surface area contributed by atoms with Crippen molar-refractivity contribution in [2.75, 3.05) is 33.5 Å². The van der Waals surface area contributed by atoms with Gasteiger partial charge in [0, 0.05) is 19.8 Å². The van der Waals surface area contributed by atoms with Crippen molar-refractivity contribution in [2.24, 2.45) is 5.92 Å². The molecular formula is C16H33NO3. The maximum absolute atomic E-state index is 6.04. The van der Waals surface area contributed by atoms with Crippen LogP contribution in [0.1, 0.15) is 46.5 Å². The lowest BCUT2D eigenvalue weighted by atomic mass is 9.85. The Kier molecular flexibility index (Phi) is 9.44. The van der Waals surface area contributed by atoms with Crippen LogP contribution in [0.15, 0.2) is 0 Å². The second-order valence-corrected chi connectivity index (χ2v) is 5.89. The molecule has 0 saturated heterocycles. The highest BCUT2D eigenvalue weighted by molar-refractivity contribution is 4.97. The summed E-state index contributed by atoms with van der Waals surface area (Å²) >= 11 is 0. The molecule has 0 amide bonds. The van der Waals surface area contributed by atoms with E-state index in [1.165, 1.54) is 12.8 Å². The van der Waals surface area contributed by atoms with Gasteiger partial charge in [0.25, 0.3) is 0 Å². The molecule has 0 radical (unpaired) electrons. The maximum atomic E-state index is 6.04. The van der Waals surface area contributed by atoms with Crippen LogP contribution in [0.2, 0.25) is 0 Å². The fourth-order valence-corrected chi connectivity index (χ4v) is 2.63. The highest BCUT2D eigenvalue weighted by Gasteiger charge is 2.42. The van der Waals surface area contributed by atoms with E-state index in [4.69, 9.17) is 14.2 Å². The summed E-state index contributed by atoms with van der Waals surface area (Å²) in [7, 11) is 1.71. The molecule has 0 bridgehead atoms. The van der Waals surface area contributed by atoms with Crippen LogP contribution >= 0.6 is 0 Å². The fraction of sp³-hybridized carbons (Fsp3) is 1.00. The van der Waals surface area contributed by atoms with Gasteiger partial charge in [0.15, 0.2) is 0 Å². The summed E-state index contributed by atoms with van der Waals surface area (Å²) in [4.78, 5) is 0. The molecule has 0 heterocycles. The molecular weight excluding hydrogens is 254 g/mol. The Morgan fingerprint density at radius 3 is 2.60 bits per heavy atom. The summed E-state index contributed by atoms with van der Waals surface area (Å²) in [6.45, 7) is 9.87. The zero-order valence-electron chi connectivity index (χ0n) is 13.7. The van der Waals surface area contributed by atoms with Crippen LogP contribution in [-0.4, -0.2) is 51.7 Å². The van der Waals surface area contributed by atoms with Gasteiger partial charge in [-0.3, -0.25) is 0 Å². The average Bonchev–Trinajstić information content (AvgIpc) is 2.42. The minimum atomic E-state index is 0.186. The molecule has 1 aliphatic carbocycles. The van der Waals surface area contributed by atoms with Gasteiger partial charge in [-0.1, -0.05) is 27.2 Å². The number of rotatable bonds is 12. The number of methoxy groups -OCH3 is 1. The highest BCUT2D eigenvalue weighted by atomic mass is 16.6. The molecule has 4 unspecified atom stereocenters. The van der Waals surface area contributed by atoms with Gasteiger partial charge in [-0.05, 0) is 31.7 Å². The van der Waals surface area contributed by atoms with Gasteiger partial charge in [0.2, 0.25) is 0 Å². The molecule has 4 atom stereocenters. The van der Waals surface area contributed by atoms with Gasteiger partial charge < -0.3 is 19.5 Å². The first-order valence-corrected chi connectivity index (χ1v) is 8.18. The predicted octanol–water partition coefficient (Wildman–Crippen LogP) is 2.61. The average molecular weight is 287 g/mol. The Morgan fingerprint density at radius 1 is 1.15 bits per heavy atom. The Bertz CT molecular complexity index is 238. The molecule has 0 aromatic rings. The first-order chi connectivity index (χ1) is 9.72. The van der Waals surface area contributed by atoms with Crippen LogP contribution in [0, 0.1) is 5.92 Å². The van der Waals surface area contributed by atoms with Crippen LogP contribution in [0.4, 0.5) is 0 Å². The van der Waals surface area contributed by atoms with Crippen molar-refractivity contribution >= 4 is 0 Å². The van der Waals surface area contributed by atoms with Crippen molar-refractivity contribution in [1.82, 2.24) is 5.32 Å². The predicted molar refractivity (Wildman–Crippen MR) is 82.1 cm³/mol. The lowest BCUT2D eigenvalue weighted by Gasteiger charge is -2.44. The van der Waals surface area contributed by atoms with Crippen molar-refractivity contribution in [3.8, 4) is 0 Å². The molecule has 20 heavy (non-hydrogen) atoms. The van der Waals surface area contributed by atoms with E-state index in [-0.39, 0.29) is 12.2 Å². The number of ether oxygens (including phenoxy) is 3. The number of nitrogens with one attached hydrogen (secondary N) is 1. The monoisotopic (exact) mass is 287 g/mol. The summed E-state index contributed by atoms with van der Waals surface area (Å²) in [5, 5.41) is 3.54. The summed E-state index contributed by atoms with van der Waals surface area (Å²) in [5.74, 6) is 0.641. The topological polar surface area (TPSA) is 39.7 Å². The van der Waals surface area contributed by atoms with E-state index < -0.39 is 0 Å². The highest BCUT2D eigenvalue weighted by Crippen LogP contribution is 2.28. The van der Waals surface area contributed by atoms with E-state index >= 15 is 0 Å². The Labute approximate surface area is 124 Å². The third-order valence-electron chi connectivity index (χ3n) is 3.88. The summed E-state index contributed by atoms with van der Waals surface area (Å²) < 4.78 is 17.0. The molecule has 0 aromatic heterocycles. The van der Waals surface area contributed by atoms with Gasteiger partial charge in [-0.15, -0.1) is 0 Å². The van der Waals surface area contributed by atoms with Crippen LogP contribution in [0.25, 0.3) is 0 Å².